The van der Waals surface area contributed by atoms with Crippen LogP contribution in [0.1, 0.15) is 6.42 Å². The number of thioether (sulfide) groups is 1. The number of nitrogens with one attached hydrogen (secondary N) is 1. The molecule has 0 saturated heterocycles. The van der Waals surface area contributed by atoms with Crippen LogP contribution in [0.15, 0.2) is 28.6 Å². The van der Waals surface area contributed by atoms with E-state index < -0.39 is 0 Å². The summed E-state index contributed by atoms with van der Waals surface area (Å²) in [6.45, 7) is 0. The van der Waals surface area contributed by atoms with Crippen LogP contribution < -0.4 is 15.8 Å². The molecule has 20 heavy (non-hydrogen) atoms. The van der Waals surface area contributed by atoms with E-state index in [1.807, 2.05) is 0 Å². The van der Waals surface area contributed by atoms with E-state index in [-0.39, 0.29) is 5.91 Å². The SMILES string of the molecule is COc1ccc(NC(=O)CCSc2nnc(N)s2)cc1. The summed E-state index contributed by atoms with van der Waals surface area (Å²) in [6, 6.07) is 7.20. The van der Waals surface area contributed by atoms with Gasteiger partial charge in [0.1, 0.15) is 5.75 Å². The third kappa shape index (κ3) is 4.39. The van der Waals surface area contributed by atoms with Crippen LogP contribution in [0.5, 0.6) is 5.75 Å². The zero-order chi connectivity index (χ0) is 14.4. The zero-order valence-electron chi connectivity index (χ0n) is 10.8. The summed E-state index contributed by atoms with van der Waals surface area (Å²) in [5.41, 5.74) is 6.23. The Bertz CT molecular complexity index is 571. The quantitative estimate of drug-likeness (QED) is 0.795. The molecule has 6 nitrogen and oxygen atoms in total. The second-order valence-corrected chi connectivity index (χ2v) is 6.13. The van der Waals surface area contributed by atoms with Crippen molar-refractivity contribution >= 4 is 39.8 Å². The number of anilines is 2. The molecule has 2 rings (SSSR count). The number of hydrogen-bond acceptors (Lipinski definition) is 7. The maximum atomic E-state index is 11.7. The molecule has 2 aromatic rings. The predicted molar refractivity (Wildman–Crippen MR) is 81.3 cm³/mol. The van der Waals surface area contributed by atoms with E-state index in [0.717, 1.165) is 15.8 Å². The largest absolute Gasteiger partial charge is 0.497 e. The minimum Gasteiger partial charge on any atom is -0.497 e. The van der Waals surface area contributed by atoms with Crippen LogP contribution in [0.3, 0.4) is 0 Å². The molecular formula is C12H14N4O2S2. The summed E-state index contributed by atoms with van der Waals surface area (Å²) >= 11 is 2.79. The minimum atomic E-state index is -0.0415. The maximum absolute atomic E-state index is 11.7. The van der Waals surface area contributed by atoms with Crippen molar-refractivity contribution < 1.29 is 9.53 Å². The Morgan fingerprint density at radius 2 is 2.15 bits per heavy atom. The lowest BCUT2D eigenvalue weighted by molar-refractivity contribution is -0.115. The first-order chi connectivity index (χ1) is 9.67. The lowest BCUT2D eigenvalue weighted by Crippen LogP contribution is -2.12. The van der Waals surface area contributed by atoms with E-state index in [1.54, 1.807) is 31.4 Å². The van der Waals surface area contributed by atoms with Gasteiger partial charge in [-0.2, -0.15) is 0 Å². The second-order valence-electron chi connectivity index (χ2n) is 3.78. The summed E-state index contributed by atoms with van der Waals surface area (Å²) in [6.07, 6.45) is 0.399. The Hall–Kier alpha value is -1.80. The van der Waals surface area contributed by atoms with Gasteiger partial charge in [0.2, 0.25) is 11.0 Å². The fraction of sp³-hybridized carbons (Fsp3) is 0.250. The lowest BCUT2D eigenvalue weighted by Gasteiger charge is -2.05. The number of aromatic nitrogens is 2. The molecule has 3 N–H and O–H groups in total. The summed E-state index contributed by atoms with van der Waals surface area (Å²) in [4.78, 5) is 11.7. The Balaban J connectivity index is 1.74. The van der Waals surface area contributed by atoms with Crippen LogP contribution in [-0.4, -0.2) is 29.0 Å². The van der Waals surface area contributed by atoms with Gasteiger partial charge in [0, 0.05) is 17.9 Å². The number of nitrogen functional groups attached to an aromatic ring is 1. The molecule has 8 heteroatoms. The highest BCUT2D eigenvalue weighted by Crippen LogP contribution is 2.24. The first-order valence-electron chi connectivity index (χ1n) is 5.83. The van der Waals surface area contributed by atoms with E-state index >= 15 is 0 Å². The molecule has 1 heterocycles. The van der Waals surface area contributed by atoms with Crippen molar-refractivity contribution in [2.75, 3.05) is 23.9 Å². The number of hydrogen-bond donors (Lipinski definition) is 2. The van der Waals surface area contributed by atoms with Gasteiger partial charge < -0.3 is 15.8 Å². The van der Waals surface area contributed by atoms with Gasteiger partial charge in [-0.3, -0.25) is 4.79 Å². The van der Waals surface area contributed by atoms with E-state index in [4.69, 9.17) is 10.5 Å². The van der Waals surface area contributed by atoms with Gasteiger partial charge in [0.05, 0.1) is 7.11 Å². The van der Waals surface area contributed by atoms with Gasteiger partial charge >= 0.3 is 0 Å². The molecule has 0 bridgehead atoms. The summed E-state index contributed by atoms with van der Waals surface area (Å²) in [5, 5.41) is 10.8. The Morgan fingerprint density at radius 3 is 2.75 bits per heavy atom. The van der Waals surface area contributed by atoms with Gasteiger partial charge in [-0.1, -0.05) is 23.1 Å². The molecule has 0 aliphatic rings. The highest BCUT2D eigenvalue weighted by atomic mass is 32.2. The van der Waals surface area contributed by atoms with Crippen molar-refractivity contribution in [3.63, 3.8) is 0 Å². The topological polar surface area (TPSA) is 90.1 Å². The molecule has 0 radical (unpaired) electrons. The van der Waals surface area contributed by atoms with Crippen molar-refractivity contribution in [2.45, 2.75) is 10.8 Å². The van der Waals surface area contributed by atoms with Gasteiger partial charge in [-0.15, -0.1) is 10.2 Å². The number of carbonyl (C=O) groups is 1. The number of amides is 1. The van der Waals surface area contributed by atoms with Crippen molar-refractivity contribution in [2.24, 2.45) is 0 Å². The van der Waals surface area contributed by atoms with Crippen LogP contribution in [0.25, 0.3) is 0 Å². The fourth-order valence-electron chi connectivity index (χ4n) is 1.41. The summed E-state index contributed by atoms with van der Waals surface area (Å²) in [7, 11) is 1.60. The second kappa shape index (κ2) is 7.11. The van der Waals surface area contributed by atoms with Crippen molar-refractivity contribution in [1.82, 2.24) is 10.2 Å². The third-order valence-electron chi connectivity index (χ3n) is 2.35. The van der Waals surface area contributed by atoms with Gasteiger partial charge in [0.25, 0.3) is 0 Å². The van der Waals surface area contributed by atoms with Crippen LogP contribution >= 0.6 is 23.1 Å². The van der Waals surface area contributed by atoms with Crippen LogP contribution in [0.4, 0.5) is 10.8 Å². The number of carbonyl (C=O) groups excluding carboxylic acids is 1. The number of nitrogens with two attached hydrogens (primary N) is 1. The van der Waals surface area contributed by atoms with E-state index in [1.165, 1.54) is 23.1 Å². The predicted octanol–water partition coefficient (Wildman–Crippen LogP) is 2.25. The van der Waals surface area contributed by atoms with E-state index in [2.05, 4.69) is 15.5 Å². The standard InChI is InChI=1S/C12H14N4O2S2/c1-18-9-4-2-8(3-5-9)14-10(17)6-7-19-12-16-15-11(13)20-12/h2-5H,6-7H2,1H3,(H2,13,15)(H,14,17). The maximum Gasteiger partial charge on any atom is 0.225 e. The summed E-state index contributed by atoms with van der Waals surface area (Å²) in [5.74, 6) is 1.35. The van der Waals surface area contributed by atoms with Crippen LogP contribution in [0, 0.1) is 0 Å². The average molecular weight is 310 g/mol. The fourth-order valence-corrected chi connectivity index (χ4v) is 3.05. The molecule has 0 fully saturated rings. The van der Waals surface area contributed by atoms with Gasteiger partial charge in [-0.05, 0) is 24.3 Å². The number of rotatable bonds is 6. The first kappa shape index (κ1) is 14.6. The van der Waals surface area contributed by atoms with Gasteiger partial charge in [-0.25, -0.2) is 0 Å². The molecular weight excluding hydrogens is 296 g/mol. The van der Waals surface area contributed by atoms with Gasteiger partial charge in [0.15, 0.2) is 4.34 Å². The van der Waals surface area contributed by atoms with E-state index in [9.17, 15) is 4.79 Å². The van der Waals surface area contributed by atoms with Crippen molar-refractivity contribution in [1.29, 1.82) is 0 Å². The van der Waals surface area contributed by atoms with Crippen LogP contribution in [-0.2, 0) is 4.79 Å². The minimum absolute atomic E-state index is 0.0415. The lowest BCUT2D eigenvalue weighted by atomic mass is 10.3. The molecule has 0 unspecified atom stereocenters. The van der Waals surface area contributed by atoms with Crippen LogP contribution in [0.2, 0.25) is 0 Å². The normalized spacial score (nSPS) is 10.2. The van der Waals surface area contributed by atoms with E-state index in [0.29, 0.717) is 17.3 Å². The van der Waals surface area contributed by atoms with Crippen molar-refractivity contribution in [3.05, 3.63) is 24.3 Å². The molecule has 0 atom stereocenters. The molecule has 0 spiro atoms. The molecule has 0 aliphatic carbocycles. The number of ether oxygens (including phenoxy) is 1. The monoisotopic (exact) mass is 310 g/mol. The smallest absolute Gasteiger partial charge is 0.225 e. The zero-order valence-corrected chi connectivity index (χ0v) is 12.5. The molecule has 106 valence electrons. The average Bonchev–Trinajstić information content (AvgIpc) is 2.85. The third-order valence-corrected chi connectivity index (χ3v) is 4.24. The molecule has 0 saturated carbocycles. The number of benzene rings is 1. The molecule has 1 aromatic heterocycles. The number of methoxy groups -OCH3 is 1. The van der Waals surface area contributed by atoms with Crippen molar-refractivity contribution in [3.8, 4) is 5.75 Å². The highest BCUT2D eigenvalue weighted by molar-refractivity contribution is 8.01. The Labute approximate surface area is 124 Å². The Kier molecular flexibility index (Phi) is 5.19. The number of nitrogens with zero attached hydrogens (tertiary/aromatic N) is 2. The first-order valence-corrected chi connectivity index (χ1v) is 7.63. The highest BCUT2D eigenvalue weighted by Gasteiger charge is 2.06. The molecule has 1 aromatic carbocycles. The molecule has 0 aliphatic heterocycles. The Morgan fingerprint density at radius 1 is 1.40 bits per heavy atom. The molecule has 1 amide bonds. The summed E-state index contributed by atoms with van der Waals surface area (Å²) < 4.78 is 5.83.